The molecule has 0 aromatic carbocycles. The molecular weight excluding hydrogens is 208 g/mol. The molecule has 0 aliphatic carbocycles. The lowest BCUT2D eigenvalue weighted by atomic mass is 9.88. The van der Waals surface area contributed by atoms with E-state index in [2.05, 4.69) is 5.32 Å². The van der Waals surface area contributed by atoms with Gasteiger partial charge in [0.1, 0.15) is 5.54 Å². The molecule has 5 nitrogen and oxygen atoms in total. The summed E-state index contributed by atoms with van der Waals surface area (Å²) in [5, 5.41) is 11.9. The maximum atomic E-state index is 11.5. The van der Waals surface area contributed by atoms with Crippen molar-refractivity contribution in [3.05, 3.63) is 0 Å². The lowest BCUT2D eigenvalue weighted by Crippen LogP contribution is -2.57. The van der Waals surface area contributed by atoms with Crippen LogP contribution in [0.15, 0.2) is 0 Å². The number of hydrogen-bond acceptors (Lipinski definition) is 3. The Morgan fingerprint density at radius 1 is 1.44 bits per heavy atom. The van der Waals surface area contributed by atoms with E-state index in [-0.39, 0.29) is 12.5 Å². The zero-order chi connectivity index (χ0) is 12.2. The van der Waals surface area contributed by atoms with Crippen molar-refractivity contribution in [1.82, 2.24) is 10.2 Å². The molecule has 1 aliphatic rings. The van der Waals surface area contributed by atoms with Gasteiger partial charge in [-0.1, -0.05) is 0 Å². The van der Waals surface area contributed by atoms with Gasteiger partial charge in [0.05, 0.1) is 6.54 Å². The highest BCUT2D eigenvalue weighted by Gasteiger charge is 2.41. The summed E-state index contributed by atoms with van der Waals surface area (Å²) >= 11 is 0. The van der Waals surface area contributed by atoms with E-state index < -0.39 is 11.5 Å². The summed E-state index contributed by atoms with van der Waals surface area (Å²) in [7, 11) is 0. The molecule has 0 spiro atoms. The zero-order valence-electron chi connectivity index (χ0n) is 9.95. The third-order valence-corrected chi connectivity index (χ3v) is 3.21. The number of carboxylic acids is 1. The first-order valence-corrected chi connectivity index (χ1v) is 5.76. The Morgan fingerprint density at radius 2 is 2.12 bits per heavy atom. The molecule has 5 heteroatoms. The van der Waals surface area contributed by atoms with Crippen LogP contribution in [0.2, 0.25) is 0 Å². The second-order valence-corrected chi connectivity index (χ2v) is 4.41. The fourth-order valence-corrected chi connectivity index (χ4v) is 2.10. The van der Waals surface area contributed by atoms with E-state index in [9.17, 15) is 14.7 Å². The highest BCUT2D eigenvalue weighted by atomic mass is 16.4. The van der Waals surface area contributed by atoms with Crippen molar-refractivity contribution in [1.29, 1.82) is 0 Å². The molecule has 2 N–H and O–H groups in total. The highest BCUT2D eigenvalue weighted by molar-refractivity contribution is 5.82. The Labute approximate surface area is 95.8 Å². The maximum absolute atomic E-state index is 11.5. The van der Waals surface area contributed by atoms with Crippen LogP contribution in [0.5, 0.6) is 0 Å². The van der Waals surface area contributed by atoms with E-state index >= 15 is 0 Å². The monoisotopic (exact) mass is 228 g/mol. The van der Waals surface area contributed by atoms with Crippen LogP contribution in [0.3, 0.4) is 0 Å². The molecule has 0 bridgehead atoms. The van der Waals surface area contributed by atoms with Crippen LogP contribution in [0.4, 0.5) is 0 Å². The van der Waals surface area contributed by atoms with E-state index in [0.29, 0.717) is 19.5 Å². The topological polar surface area (TPSA) is 69.6 Å². The molecule has 0 aromatic rings. The molecule has 1 atom stereocenters. The van der Waals surface area contributed by atoms with Crippen molar-refractivity contribution in [3.8, 4) is 0 Å². The number of likely N-dealkylation sites (tertiary alicyclic amines) is 1. The molecule has 0 aromatic heterocycles. The molecule has 1 aliphatic heterocycles. The second kappa shape index (κ2) is 5.30. The molecule has 1 amide bonds. The SMILES string of the molecule is CCNC(=O)CN1CCCCC1(C)C(=O)O. The van der Waals surface area contributed by atoms with Gasteiger partial charge in [-0.15, -0.1) is 0 Å². The third-order valence-electron chi connectivity index (χ3n) is 3.21. The maximum Gasteiger partial charge on any atom is 0.323 e. The minimum Gasteiger partial charge on any atom is -0.480 e. The Balaban J connectivity index is 2.67. The lowest BCUT2D eigenvalue weighted by Gasteiger charge is -2.41. The molecule has 1 saturated heterocycles. The van der Waals surface area contributed by atoms with Gasteiger partial charge in [-0.05, 0) is 39.7 Å². The minimum absolute atomic E-state index is 0.100. The number of carboxylic acid groups (broad SMARTS) is 1. The van der Waals surface area contributed by atoms with E-state index in [4.69, 9.17) is 0 Å². The number of aliphatic carboxylic acids is 1. The number of rotatable bonds is 4. The van der Waals surface area contributed by atoms with Crippen molar-refractivity contribution >= 4 is 11.9 Å². The summed E-state index contributed by atoms with van der Waals surface area (Å²) < 4.78 is 0. The Bertz CT molecular complexity index is 280. The van der Waals surface area contributed by atoms with Crippen molar-refractivity contribution < 1.29 is 14.7 Å². The number of nitrogens with one attached hydrogen (secondary N) is 1. The van der Waals surface area contributed by atoms with E-state index in [0.717, 1.165) is 12.8 Å². The molecule has 16 heavy (non-hydrogen) atoms. The summed E-state index contributed by atoms with van der Waals surface area (Å²) in [6, 6.07) is 0. The van der Waals surface area contributed by atoms with Crippen LogP contribution in [0, 0.1) is 0 Å². The summed E-state index contributed by atoms with van der Waals surface area (Å²) in [6.45, 7) is 4.99. The van der Waals surface area contributed by atoms with Crippen molar-refractivity contribution in [2.24, 2.45) is 0 Å². The van der Waals surface area contributed by atoms with Crippen LogP contribution >= 0.6 is 0 Å². The number of carbonyl (C=O) groups excluding carboxylic acids is 1. The number of carbonyl (C=O) groups is 2. The number of nitrogens with zero attached hydrogens (tertiary/aromatic N) is 1. The summed E-state index contributed by atoms with van der Waals surface area (Å²) in [6.07, 6.45) is 2.48. The van der Waals surface area contributed by atoms with Gasteiger partial charge in [-0.2, -0.15) is 0 Å². The predicted octanol–water partition coefficient (Wildman–Crippen LogP) is 0.452. The first-order valence-electron chi connectivity index (χ1n) is 5.76. The van der Waals surface area contributed by atoms with Gasteiger partial charge in [0.2, 0.25) is 5.91 Å². The normalized spacial score (nSPS) is 26.4. The van der Waals surface area contributed by atoms with Gasteiger partial charge in [-0.3, -0.25) is 14.5 Å². The summed E-state index contributed by atoms with van der Waals surface area (Å²) in [5.41, 5.74) is -0.886. The van der Waals surface area contributed by atoms with Crippen LogP contribution in [0.25, 0.3) is 0 Å². The number of likely N-dealkylation sites (N-methyl/N-ethyl adjacent to an activating group) is 1. The summed E-state index contributed by atoms with van der Waals surface area (Å²) in [5.74, 6) is -0.937. The van der Waals surface area contributed by atoms with Gasteiger partial charge in [0.25, 0.3) is 0 Å². The minimum atomic E-state index is -0.886. The van der Waals surface area contributed by atoms with E-state index in [1.54, 1.807) is 11.8 Å². The Hall–Kier alpha value is -1.10. The standard InChI is InChI=1S/C11H20N2O3/c1-3-12-9(14)8-13-7-5-4-6-11(13,2)10(15)16/h3-8H2,1-2H3,(H,12,14)(H,15,16). The fourth-order valence-electron chi connectivity index (χ4n) is 2.10. The van der Waals surface area contributed by atoms with Gasteiger partial charge in [-0.25, -0.2) is 0 Å². The molecule has 92 valence electrons. The molecule has 1 rings (SSSR count). The molecule has 1 unspecified atom stereocenters. The second-order valence-electron chi connectivity index (χ2n) is 4.41. The van der Waals surface area contributed by atoms with Crippen LogP contribution < -0.4 is 5.32 Å². The first kappa shape index (κ1) is 13.0. The van der Waals surface area contributed by atoms with Crippen LogP contribution in [0.1, 0.15) is 33.1 Å². The van der Waals surface area contributed by atoms with E-state index in [1.807, 2.05) is 6.92 Å². The van der Waals surface area contributed by atoms with Crippen molar-refractivity contribution in [2.75, 3.05) is 19.6 Å². The zero-order valence-corrected chi connectivity index (χ0v) is 9.95. The quantitative estimate of drug-likeness (QED) is 0.733. The fraction of sp³-hybridized carbons (Fsp3) is 0.818. The average molecular weight is 228 g/mol. The average Bonchev–Trinajstić information content (AvgIpc) is 2.21. The molecule has 0 radical (unpaired) electrons. The molecule has 1 fully saturated rings. The summed E-state index contributed by atoms with van der Waals surface area (Å²) in [4.78, 5) is 24.5. The Kier molecular flexibility index (Phi) is 4.29. The number of amides is 1. The Morgan fingerprint density at radius 3 is 2.69 bits per heavy atom. The molecular formula is C11H20N2O3. The van der Waals surface area contributed by atoms with Crippen LogP contribution in [-0.2, 0) is 9.59 Å². The lowest BCUT2D eigenvalue weighted by molar-refractivity contribution is -0.153. The predicted molar refractivity (Wildman–Crippen MR) is 60.1 cm³/mol. The molecule has 0 saturated carbocycles. The van der Waals surface area contributed by atoms with Gasteiger partial charge < -0.3 is 10.4 Å². The van der Waals surface area contributed by atoms with Crippen molar-refractivity contribution in [3.63, 3.8) is 0 Å². The van der Waals surface area contributed by atoms with Gasteiger partial charge in [0, 0.05) is 6.54 Å². The smallest absolute Gasteiger partial charge is 0.323 e. The van der Waals surface area contributed by atoms with Gasteiger partial charge >= 0.3 is 5.97 Å². The van der Waals surface area contributed by atoms with Crippen LogP contribution in [-0.4, -0.2) is 47.1 Å². The number of piperidine rings is 1. The molecule has 1 heterocycles. The number of hydrogen-bond donors (Lipinski definition) is 2. The third kappa shape index (κ3) is 2.72. The first-order chi connectivity index (χ1) is 7.50. The largest absolute Gasteiger partial charge is 0.480 e. The van der Waals surface area contributed by atoms with Gasteiger partial charge in [0.15, 0.2) is 0 Å². The van der Waals surface area contributed by atoms with E-state index in [1.165, 1.54) is 0 Å². The van der Waals surface area contributed by atoms with Crippen molar-refractivity contribution in [2.45, 2.75) is 38.6 Å². The highest BCUT2D eigenvalue weighted by Crippen LogP contribution is 2.27.